The molecule has 7 aromatic carbocycles. The van der Waals surface area contributed by atoms with Crippen LogP contribution in [0.4, 0.5) is 0 Å². The van der Waals surface area contributed by atoms with Gasteiger partial charge in [-0.2, -0.15) is 0 Å². The first kappa shape index (κ1) is 30.1. The van der Waals surface area contributed by atoms with Crippen molar-refractivity contribution in [3.63, 3.8) is 0 Å². The minimum Gasteiger partial charge on any atom is -0.309 e. The second-order valence-electron chi connectivity index (χ2n) is 13.3. The maximum Gasteiger partial charge on any atom is 0.235 e. The lowest BCUT2D eigenvalue weighted by molar-refractivity contribution is 0.992. The second-order valence-corrected chi connectivity index (χ2v) is 13.3. The van der Waals surface area contributed by atoms with Gasteiger partial charge in [0.05, 0.1) is 27.8 Å². The summed E-state index contributed by atoms with van der Waals surface area (Å²) in [5.41, 5.74) is 13.9. The van der Waals surface area contributed by atoms with Crippen LogP contribution in [0.25, 0.3) is 88.8 Å². The third-order valence-corrected chi connectivity index (χ3v) is 10.4. The van der Waals surface area contributed by atoms with Crippen LogP contribution in [0, 0.1) is 0 Å². The number of nitrogens with zero attached hydrogens (tertiary/aromatic N) is 4. The van der Waals surface area contributed by atoms with Crippen LogP contribution in [0.1, 0.15) is 12.5 Å². The van der Waals surface area contributed by atoms with E-state index in [0.717, 1.165) is 34.4 Å². The summed E-state index contributed by atoms with van der Waals surface area (Å²) in [6.07, 6.45) is 2.82. The number of benzene rings is 7. The maximum absolute atomic E-state index is 5.23. The third-order valence-electron chi connectivity index (χ3n) is 10.4. The predicted molar refractivity (Wildman–Crippen MR) is 216 cm³/mol. The lowest BCUT2D eigenvalue weighted by Gasteiger charge is -2.15. The molecule has 4 heteroatoms. The third kappa shape index (κ3) is 4.76. The average Bonchev–Trinajstić information content (AvgIpc) is 3.74. The summed E-state index contributed by atoms with van der Waals surface area (Å²) in [5, 5.41) is 4.86. The van der Waals surface area contributed by atoms with Crippen LogP contribution in [0.15, 0.2) is 176 Å². The summed E-state index contributed by atoms with van der Waals surface area (Å²) < 4.78 is 4.55. The number of fused-ring (bicyclic) bond motifs is 6. The standard InChI is InChI=1S/C48H34N4/c1-2-36-37(32-14-4-3-5-15-32)21-13-22-38(36)33-26-27-47-42(31-33)41-20-8-11-25-46(41)52(47)48-49-29-28-43(50-48)34-16-12-17-35(30-34)51-44-23-9-6-18-39(44)40-19-7-10-24-45(40)51/h3-31H,2H2,1H3. The van der Waals surface area contributed by atoms with Crippen molar-refractivity contribution in [2.24, 2.45) is 0 Å². The molecule has 246 valence electrons. The Morgan fingerprint density at radius 3 is 1.73 bits per heavy atom. The Balaban J connectivity index is 1.10. The van der Waals surface area contributed by atoms with E-state index in [-0.39, 0.29) is 0 Å². The number of hydrogen-bond acceptors (Lipinski definition) is 2. The molecule has 0 bridgehead atoms. The van der Waals surface area contributed by atoms with Gasteiger partial charge < -0.3 is 4.57 Å². The van der Waals surface area contributed by atoms with Crippen molar-refractivity contribution in [3.8, 4) is 45.1 Å². The smallest absolute Gasteiger partial charge is 0.235 e. The van der Waals surface area contributed by atoms with E-state index in [1.165, 1.54) is 60.4 Å². The van der Waals surface area contributed by atoms with Gasteiger partial charge in [0, 0.05) is 39.0 Å². The molecule has 0 N–H and O–H groups in total. The first-order chi connectivity index (χ1) is 25.8. The summed E-state index contributed by atoms with van der Waals surface area (Å²) in [6, 6.07) is 60.7. The summed E-state index contributed by atoms with van der Waals surface area (Å²) in [5.74, 6) is 0.652. The molecule has 52 heavy (non-hydrogen) atoms. The van der Waals surface area contributed by atoms with Crippen molar-refractivity contribution in [1.82, 2.24) is 19.1 Å². The molecule has 0 aliphatic carbocycles. The van der Waals surface area contributed by atoms with Crippen LogP contribution in [-0.4, -0.2) is 19.1 Å². The average molecular weight is 667 g/mol. The highest BCUT2D eigenvalue weighted by atomic mass is 15.2. The van der Waals surface area contributed by atoms with Gasteiger partial charge in [-0.05, 0) is 82.8 Å². The lowest BCUT2D eigenvalue weighted by atomic mass is 9.90. The van der Waals surface area contributed by atoms with Crippen molar-refractivity contribution >= 4 is 43.6 Å². The molecule has 3 aromatic heterocycles. The van der Waals surface area contributed by atoms with Crippen LogP contribution < -0.4 is 0 Å². The Labute approximate surface area is 301 Å². The largest absolute Gasteiger partial charge is 0.309 e. The van der Waals surface area contributed by atoms with Crippen molar-refractivity contribution < 1.29 is 0 Å². The number of hydrogen-bond donors (Lipinski definition) is 0. The van der Waals surface area contributed by atoms with Crippen LogP contribution >= 0.6 is 0 Å². The van der Waals surface area contributed by atoms with E-state index in [9.17, 15) is 0 Å². The number of rotatable bonds is 6. The summed E-state index contributed by atoms with van der Waals surface area (Å²) >= 11 is 0. The fraction of sp³-hybridized carbons (Fsp3) is 0.0417. The zero-order chi connectivity index (χ0) is 34.6. The van der Waals surface area contributed by atoms with Gasteiger partial charge in [0.2, 0.25) is 5.95 Å². The van der Waals surface area contributed by atoms with Gasteiger partial charge >= 0.3 is 0 Å². The summed E-state index contributed by atoms with van der Waals surface area (Å²) in [4.78, 5) is 10.1. The van der Waals surface area contributed by atoms with Crippen molar-refractivity contribution in [1.29, 1.82) is 0 Å². The van der Waals surface area contributed by atoms with E-state index in [4.69, 9.17) is 9.97 Å². The first-order valence-electron chi connectivity index (χ1n) is 17.9. The molecule has 0 radical (unpaired) electrons. The highest BCUT2D eigenvalue weighted by molar-refractivity contribution is 6.11. The minimum absolute atomic E-state index is 0.652. The summed E-state index contributed by atoms with van der Waals surface area (Å²) in [7, 11) is 0. The van der Waals surface area contributed by atoms with Crippen LogP contribution in [0.3, 0.4) is 0 Å². The van der Waals surface area contributed by atoms with Gasteiger partial charge in [-0.25, -0.2) is 9.97 Å². The molecule has 3 heterocycles. The quantitative estimate of drug-likeness (QED) is 0.177. The fourth-order valence-electron chi connectivity index (χ4n) is 8.10. The Bertz CT molecular complexity index is 2900. The monoisotopic (exact) mass is 666 g/mol. The molecule has 0 aliphatic heterocycles. The highest BCUT2D eigenvalue weighted by Crippen LogP contribution is 2.38. The zero-order valence-corrected chi connectivity index (χ0v) is 28.7. The molecule has 0 amide bonds. The van der Waals surface area contributed by atoms with E-state index >= 15 is 0 Å². The number of aromatic nitrogens is 4. The van der Waals surface area contributed by atoms with Crippen molar-refractivity contribution in [2.45, 2.75) is 13.3 Å². The van der Waals surface area contributed by atoms with Gasteiger partial charge in [0.1, 0.15) is 0 Å². The normalized spacial score (nSPS) is 11.6. The van der Waals surface area contributed by atoms with Crippen LogP contribution in [0.5, 0.6) is 0 Å². The van der Waals surface area contributed by atoms with Gasteiger partial charge in [0.25, 0.3) is 0 Å². The molecule has 0 fully saturated rings. The van der Waals surface area contributed by atoms with Crippen LogP contribution in [0.2, 0.25) is 0 Å². The van der Waals surface area contributed by atoms with E-state index in [1.807, 2.05) is 12.3 Å². The molecule has 10 aromatic rings. The molecular formula is C48H34N4. The SMILES string of the molecule is CCc1c(-c2ccccc2)cccc1-c1ccc2c(c1)c1ccccc1n2-c1nccc(-c2cccc(-n3c4ccccc4c4ccccc43)c2)n1. The molecule has 4 nitrogen and oxygen atoms in total. The fourth-order valence-corrected chi connectivity index (χ4v) is 8.10. The van der Waals surface area contributed by atoms with Gasteiger partial charge in [-0.1, -0.05) is 128 Å². The minimum atomic E-state index is 0.652. The zero-order valence-electron chi connectivity index (χ0n) is 28.7. The summed E-state index contributed by atoms with van der Waals surface area (Å²) in [6.45, 7) is 2.25. The topological polar surface area (TPSA) is 35.6 Å². The lowest BCUT2D eigenvalue weighted by Crippen LogP contribution is -2.02. The molecule has 0 unspecified atom stereocenters. The van der Waals surface area contributed by atoms with Crippen molar-refractivity contribution in [3.05, 3.63) is 182 Å². The molecule has 0 aliphatic rings. The maximum atomic E-state index is 5.23. The molecule has 0 saturated heterocycles. The number of para-hydroxylation sites is 3. The molecule has 10 rings (SSSR count). The molecule has 0 spiro atoms. The van der Waals surface area contributed by atoms with E-state index in [0.29, 0.717) is 5.95 Å². The second kappa shape index (κ2) is 12.2. The predicted octanol–water partition coefficient (Wildman–Crippen LogP) is 12.2. The molecular weight excluding hydrogens is 633 g/mol. The van der Waals surface area contributed by atoms with Gasteiger partial charge in [-0.3, -0.25) is 4.57 Å². The molecule has 0 saturated carbocycles. The Morgan fingerprint density at radius 2 is 1.02 bits per heavy atom. The Kier molecular flexibility index (Phi) is 7.07. The van der Waals surface area contributed by atoms with Crippen LogP contribution in [-0.2, 0) is 6.42 Å². The van der Waals surface area contributed by atoms with E-state index in [2.05, 4.69) is 180 Å². The van der Waals surface area contributed by atoms with E-state index < -0.39 is 0 Å². The first-order valence-corrected chi connectivity index (χ1v) is 17.9. The van der Waals surface area contributed by atoms with E-state index in [1.54, 1.807) is 0 Å². The Morgan fingerprint density at radius 1 is 0.442 bits per heavy atom. The molecule has 0 atom stereocenters. The van der Waals surface area contributed by atoms with Gasteiger partial charge in [-0.15, -0.1) is 0 Å². The Hall–Kier alpha value is -6.78. The van der Waals surface area contributed by atoms with Crippen molar-refractivity contribution in [2.75, 3.05) is 0 Å². The highest BCUT2D eigenvalue weighted by Gasteiger charge is 2.18. The van der Waals surface area contributed by atoms with Gasteiger partial charge in [0.15, 0.2) is 0 Å².